The molecule has 0 unspecified atom stereocenters. The molecule has 0 fully saturated rings. The summed E-state index contributed by atoms with van der Waals surface area (Å²) in [4.78, 5) is 0. The number of hydrogen-bond donors (Lipinski definition) is 1. The van der Waals surface area contributed by atoms with Crippen molar-refractivity contribution in [1.29, 1.82) is 0 Å². The fraction of sp³-hybridized carbons (Fsp3) is 0.333. The number of benzene rings is 1. The van der Waals surface area contributed by atoms with Crippen LogP contribution in [0, 0.1) is 3.57 Å². The first kappa shape index (κ1) is 11.6. The number of anilines is 1. The lowest BCUT2D eigenvalue weighted by molar-refractivity contribution is 0.740. The first-order chi connectivity index (χ1) is 6.77. The van der Waals surface area contributed by atoms with Crippen molar-refractivity contribution in [3.8, 4) is 0 Å². The van der Waals surface area contributed by atoms with Crippen LogP contribution in [0.1, 0.15) is 19.8 Å². The van der Waals surface area contributed by atoms with E-state index in [1.165, 1.54) is 15.7 Å². The zero-order chi connectivity index (χ0) is 10.4. The minimum atomic E-state index is 0.385. The van der Waals surface area contributed by atoms with Crippen molar-refractivity contribution in [1.82, 2.24) is 0 Å². The van der Waals surface area contributed by atoms with E-state index in [0.717, 1.165) is 6.42 Å². The van der Waals surface area contributed by atoms with Gasteiger partial charge in [-0.15, -0.1) is 6.58 Å². The normalized spacial score (nSPS) is 12.1. The van der Waals surface area contributed by atoms with Crippen molar-refractivity contribution in [2.45, 2.75) is 25.8 Å². The molecule has 1 atom stereocenters. The number of rotatable bonds is 5. The predicted molar refractivity (Wildman–Crippen MR) is 71.7 cm³/mol. The lowest BCUT2D eigenvalue weighted by Crippen LogP contribution is -2.16. The van der Waals surface area contributed by atoms with Crippen molar-refractivity contribution in [2.24, 2.45) is 0 Å². The molecule has 0 aliphatic rings. The van der Waals surface area contributed by atoms with Gasteiger partial charge in [-0.3, -0.25) is 0 Å². The quantitative estimate of drug-likeness (QED) is 0.639. The van der Waals surface area contributed by atoms with Gasteiger partial charge in [0.1, 0.15) is 0 Å². The van der Waals surface area contributed by atoms with Crippen LogP contribution >= 0.6 is 22.6 Å². The van der Waals surface area contributed by atoms with Crippen LogP contribution < -0.4 is 5.32 Å². The van der Waals surface area contributed by atoms with Crippen molar-refractivity contribution in [2.75, 3.05) is 5.32 Å². The fourth-order valence-electron chi connectivity index (χ4n) is 1.34. The molecule has 0 amide bonds. The molecule has 0 bridgehead atoms. The molecule has 1 nitrogen and oxygen atoms in total. The van der Waals surface area contributed by atoms with Crippen LogP contribution in [0.5, 0.6) is 0 Å². The van der Waals surface area contributed by atoms with Gasteiger partial charge in [0, 0.05) is 15.3 Å². The highest BCUT2D eigenvalue weighted by Crippen LogP contribution is 2.19. The summed E-state index contributed by atoms with van der Waals surface area (Å²) >= 11 is 2.34. The van der Waals surface area contributed by atoms with Crippen molar-refractivity contribution >= 4 is 28.3 Å². The Morgan fingerprint density at radius 2 is 2.21 bits per heavy atom. The number of para-hydroxylation sites is 1. The minimum absolute atomic E-state index is 0.385. The van der Waals surface area contributed by atoms with Crippen LogP contribution in [-0.4, -0.2) is 6.04 Å². The molecule has 0 saturated heterocycles. The van der Waals surface area contributed by atoms with Crippen molar-refractivity contribution in [3.05, 3.63) is 40.5 Å². The zero-order valence-electron chi connectivity index (χ0n) is 8.46. The maximum atomic E-state index is 3.84. The van der Waals surface area contributed by atoms with Crippen LogP contribution in [0.25, 0.3) is 0 Å². The van der Waals surface area contributed by atoms with E-state index in [0.29, 0.717) is 6.04 Å². The monoisotopic (exact) mass is 301 g/mol. The van der Waals surface area contributed by atoms with Gasteiger partial charge in [-0.25, -0.2) is 0 Å². The topological polar surface area (TPSA) is 12.0 Å². The molecule has 1 rings (SSSR count). The first-order valence-electron chi connectivity index (χ1n) is 4.91. The lowest BCUT2D eigenvalue weighted by Gasteiger charge is -2.16. The van der Waals surface area contributed by atoms with Gasteiger partial charge in [-0.1, -0.05) is 31.6 Å². The molecule has 0 radical (unpaired) electrons. The maximum Gasteiger partial charge on any atom is 0.0480 e. The Hall–Kier alpha value is -0.510. The molecule has 0 spiro atoms. The van der Waals surface area contributed by atoms with Crippen molar-refractivity contribution < 1.29 is 0 Å². The Labute approximate surface area is 99.7 Å². The average molecular weight is 301 g/mol. The second kappa shape index (κ2) is 6.06. The van der Waals surface area contributed by atoms with Gasteiger partial charge in [-0.05, 0) is 41.1 Å². The second-order valence-electron chi connectivity index (χ2n) is 3.26. The predicted octanol–water partition coefficient (Wildman–Crippen LogP) is 4.06. The smallest absolute Gasteiger partial charge is 0.0480 e. The minimum Gasteiger partial charge on any atom is -0.378 e. The molecule has 1 aromatic carbocycles. The fourth-order valence-corrected chi connectivity index (χ4v) is 1.88. The highest BCUT2D eigenvalue weighted by atomic mass is 127. The summed E-state index contributed by atoms with van der Waals surface area (Å²) in [6, 6.07) is 8.70. The Morgan fingerprint density at radius 1 is 1.50 bits per heavy atom. The van der Waals surface area contributed by atoms with E-state index in [9.17, 15) is 0 Å². The van der Waals surface area contributed by atoms with Gasteiger partial charge in [0.2, 0.25) is 0 Å². The van der Waals surface area contributed by atoms with E-state index in [2.05, 4.69) is 65.7 Å². The van der Waals surface area contributed by atoms with Crippen LogP contribution in [0.15, 0.2) is 36.9 Å². The van der Waals surface area contributed by atoms with Gasteiger partial charge in [0.15, 0.2) is 0 Å². The molecule has 1 aromatic rings. The van der Waals surface area contributed by atoms with Gasteiger partial charge < -0.3 is 5.32 Å². The molecular weight excluding hydrogens is 285 g/mol. The summed E-state index contributed by atoms with van der Waals surface area (Å²) in [6.07, 6.45) is 4.29. The van der Waals surface area contributed by atoms with E-state index in [4.69, 9.17) is 0 Å². The highest BCUT2D eigenvalue weighted by molar-refractivity contribution is 14.1. The van der Waals surface area contributed by atoms with Gasteiger partial charge in [0.25, 0.3) is 0 Å². The Balaban J connectivity index is 2.66. The Bertz CT molecular complexity index is 296. The lowest BCUT2D eigenvalue weighted by atomic mass is 10.1. The average Bonchev–Trinajstić information content (AvgIpc) is 2.20. The standard InChI is InChI=1S/C12H16IN/c1-3-7-10(4-2)14-12-9-6-5-8-11(12)13/h4-6,8-10,14H,2-3,7H2,1H3/t10-/m1/s1. The van der Waals surface area contributed by atoms with Gasteiger partial charge in [-0.2, -0.15) is 0 Å². The first-order valence-corrected chi connectivity index (χ1v) is 5.99. The number of nitrogens with one attached hydrogen (secondary N) is 1. The van der Waals surface area contributed by atoms with Gasteiger partial charge >= 0.3 is 0 Å². The maximum absolute atomic E-state index is 3.84. The summed E-state index contributed by atoms with van der Waals surface area (Å²) < 4.78 is 1.26. The molecule has 76 valence electrons. The Morgan fingerprint density at radius 3 is 2.79 bits per heavy atom. The third-order valence-electron chi connectivity index (χ3n) is 2.10. The van der Waals surface area contributed by atoms with Crippen molar-refractivity contribution in [3.63, 3.8) is 0 Å². The van der Waals surface area contributed by atoms with E-state index in [1.807, 2.05) is 6.08 Å². The molecule has 14 heavy (non-hydrogen) atoms. The molecule has 0 saturated carbocycles. The number of halogens is 1. The molecule has 0 aromatic heterocycles. The van der Waals surface area contributed by atoms with E-state index in [-0.39, 0.29) is 0 Å². The largest absolute Gasteiger partial charge is 0.378 e. The molecule has 0 aliphatic carbocycles. The Kier molecular flexibility index (Phi) is 5.01. The summed E-state index contributed by atoms with van der Waals surface area (Å²) in [5, 5.41) is 3.47. The SMILES string of the molecule is C=C[C@H](CCC)Nc1ccccc1I. The summed E-state index contributed by atoms with van der Waals surface area (Å²) in [5.74, 6) is 0. The van der Waals surface area contributed by atoms with Crippen LogP contribution in [0.4, 0.5) is 5.69 Å². The summed E-state index contributed by atoms with van der Waals surface area (Å²) in [7, 11) is 0. The van der Waals surface area contributed by atoms with E-state index < -0.39 is 0 Å². The molecule has 0 heterocycles. The molecule has 2 heteroatoms. The summed E-state index contributed by atoms with van der Waals surface area (Å²) in [5.41, 5.74) is 1.20. The molecular formula is C12H16IN. The van der Waals surface area contributed by atoms with E-state index >= 15 is 0 Å². The van der Waals surface area contributed by atoms with Crippen LogP contribution in [0.3, 0.4) is 0 Å². The van der Waals surface area contributed by atoms with E-state index in [1.54, 1.807) is 0 Å². The van der Waals surface area contributed by atoms with Crippen LogP contribution in [-0.2, 0) is 0 Å². The number of hydrogen-bond acceptors (Lipinski definition) is 1. The summed E-state index contributed by atoms with van der Waals surface area (Å²) in [6.45, 7) is 6.03. The molecule has 0 aliphatic heterocycles. The van der Waals surface area contributed by atoms with Gasteiger partial charge in [0.05, 0.1) is 0 Å². The highest BCUT2D eigenvalue weighted by Gasteiger charge is 2.04. The second-order valence-corrected chi connectivity index (χ2v) is 4.42. The molecule has 1 N–H and O–H groups in total. The van der Waals surface area contributed by atoms with Crippen LogP contribution in [0.2, 0.25) is 0 Å². The zero-order valence-corrected chi connectivity index (χ0v) is 10.6. The third-order valence-corrected chi connectivity index (χ3v) is 3.04. The third kappa shape index (κ3) is 3.33.